The number of rotatable bonds is 8. The molecule has 21 heavy (non-hydrogen) atoms. The summed E-state index contributed by atoms with van der Waals surface area (Å²) < 4.78 is 5.90. The third kappa shape index (κ3) is 4.82. The fourth-order valence-corrected chi connectivity index (χ4v) is 1.85. The Kier molecular flexibility index (Phi) is 5.61. The molecule has 0 spiro atoms. The molecular weight excluding hydrogens is 260 g/mol. The largest absolute Gasteiger partial charge is 0.357 e. The number of anilines is 2. The van der Waals surface area contributed by atoms with Gasteiger partial charge < -0.3 is 15.4 Å². The van der Waals surface area contributed by atoms with Gasteiger partial charge in [-0.15, -0.1) is 0 Å². The Hall–Kier alpha value is -2.52. The summed E-state index contributed by atoms with van der Waals surface area (Å²) in [4.78, 5) is 0. The van der Waals surface area contributed by atoms with E-state index in [1.54, 1.807) is 12.2 Å². The van der Waals surface area contributed by atoms with E-state index in [4.69, 9.17) is 4.74 Å². The number of para-hydroxylation sites is 2. The van der Waals surface area contributed by atoms with Gasteiger partial charge in [0.05, 0.1) is 0 Å². The molecule has 0 radical (unpaired) electrons. The number of hydrogen-bond donors (Lipinski definition) is 2. The lowest BCUT2D eigenvalue weighted by Gasteiger charge is -2.23. The summed E-state index contributed by atoms with van der Waals surface area (Å²) in [6.07, 6.45) is 2.81. The lowest BCUT2D eigenvalue weighted by molar-refractivity contribution is 0.0740. The molecule has 0 heterocycles. The van der Waals surface area contributed by atoms with E-state index < -0.39 is 0 Å². The van der Waals surface area contributed by atoms with Crippen LogP contribution in [0.1, 0.15) is 0 Å². The molecule has 0 aliphatic rings. The van der Waals surface area contributed by atoms with Crippen LogP contribution in [0.5, 0.6) is 0 Å². The minimum absolute atomic E-state index is 0.313. The zero-order chi connectivity index (χ0) is 14.9. The summed E-state index contributed by atoms with van der Waals surface area (Å²) in [5, 5.41) is 6.50. The molecule has 108 valence electrons. The van der Waals surface area contributed by atoms with Crippen molar-refractivity contribution in [1.82, 2.24) is 0 Å². The first-order valence-corrected chi connectivity index (χ1v) is 6.85. The Bertz CT molecular complexity index is 502. The molecule has 0 saturated heterocycles. The van der Waals surface area contributed by atoms with Gasteiger partial charge in [-0.1, -0.05) is 49.6 Å². The van der Waals surface area contributed by atoms with E-state index in [9.17, 15) is 0 Å². The quantitative estimate of drug-likeness (QED) is 0.560. The van der Waals surface area contributed by atoms with Crippen molar-refractivity contribution in [3.05, 3.63) is 86.0 Å². The zero-order valence-corrected chi connectivity index (χ0v) is 11.9. The van der Waals surface area contributed by atoms with Crippen LogP contribution >= 0.6 is 0 Å². The Morgan fingerprint density at radius 3 is 1.43 bits per heavy atom. The van der Waals surface area contributed by atoms with Gasteiger partial charge in [0.2, 0.25) is 0 Å². The first-order chi connectivity index (χ1) is 10.3. The van der Waals surface area contributed by atoms with Gasteiger partial charge in [-0.25, -0.2) is 0 Å². The Morgan fingerprint density at radius 2 is 1.10 bits per heavy atom. The highest BCUT2D eigenvalue weighted by Gasteiger charge is 2.11. The van der Waals surface area contributed by atoms with Gasteiger partial charge in [-0.3, -0.25) is 0 Å². The highest BCUT2D eigenvalue weighted by atomic mass is 16.5. The molecule has 0 fully saturated rings. The second kappa shape index (κ2) is 7.92. The van der Waals surface area contributed by atoms with Crippen molar-refractivity contribution < 1.29 is 4.74 Å². The average Bonchev–Trinajstić information content (AvgIpc) is 2.55. The molecule has 0 saturated carbocycles. The van der Waals surface area contributed by atoms with Crippen molar-refractivity contribution in [1.29, 1.82) is 0 Å². The summed E-state index contributed by atoms with van der Waals surface area (Å²) in [6.45, 7) is 7.60. The SMILES string of the molecule is C=CC(Nc1ccccc1)OC(C=C)Nc1ccccc1. The highest BCUT2D eigenvalue weighted by molar-refractivity contribution is 5.45. The minimum atomic E-state index is -0.313. The van der Waals surface area contributed by atoms with E-state index in [0.717, 1.165) is 11.4 Å². The highest BCUT2D eigenvalue weighted by Crippen LogP contribution is 2.13. The van der Waals surface area contributed by atoms with Crippen LogP contribution in [0.15, 0.2) is 86.0 Å². The van der Waals surface area contributed by atoms with Gasteiger partial charge in [0.15, 0.2) is 0 Å². The lowest BCUT2D eigenvalue weighted by atomic mass is 10.3. The van der Waals surface area contributed by atoms with Crippen LogP contribution in [-0.4, -0.2) is 12.5 Å². The molecule has 0 aliphatic carbocycles. The number of nitrogens with one attached hydrogen (secondary N) is 2. The van der Waals surface area contributed by atoms with E-state index in [2.05, 4.69) is 23.8 Å². The molecule has 3 nitrogen and oxygen atoms in total. The van der Waals surface area contributed by atoms with Crippen LogP contribution in [0.2, 0.25) is 0 Å². The van der Waals surface area contributed by atoms with Gasteiger partial charge in [0, 0.05) is 11.4 Å². The van der Waals surface area contributed by atoms with E-state index in [-0.39, 0.29) is 12.5 Å². The van der Waals surface area contributed by atoms with Crippen molar-refractivity contribution in [3.63, 3.8) is 0 Å². The Labute approximate surface area is 126 Å². The maximum absolute atomic E-state index is 5.90. The molecule has 2 N–H and O–H groups in total. The third-order valence-corrected chi connectivity index (χ3v) is 2.89. The first-order valence-electron chi connectivity index (χ1n) is 6.85. The second-order valence-corrected chi connectivity index (χ2v) is 4.47. The summed E-state index contributed by atoms with van der Waals surface area (Å²) in [6, 6.07) is 19.7. The molecule has 0 aliphatic heterocycles. The van der Waals surface area contributed by atoms with Crippen LogP contribution in [0.25, 0.3) is 0 Å². The summed E-state index contributed by atoms with van der Waals surface area (Å²) in [5.41, 5.74) is 1.95. The van der Waals surface area contributed by atoms with Gasteiger partial charge >= 0.3 is 0 Å². The predicted molar refractivity (Wildman–Crippen MR) is 89.2 cm³/mol. The van der Waals surface area contributed by atoms with E-state index in [0.29, 0.717) is 0 Å². The topological polar surface area (TPSA) is 33.3 Å². The molecule has 2 rings (SSSR count). The Morgan fingerprint density at radius 1 is 0.714 bits per heavy atom. The maximum atomic E-state index is 5.90. The van der Waals surface area contributed by atoms with Crippen LogP contribution in [0.3, 0.4) is 0 Å². The van der Waals surface area contributed by atoms with E-state index in [1.807, 2.05) is 60.7 Å². The fraction of sp³-hybridized carbons (Fsp3) is 0.111. The monoisotopic (exact) mass is 280 g/mol. The molecule has 2 aromatic rings. The Balaban J connectivity index is 1.95. The molecule has 0 amide bonds. The predicted octanol–water partition coefficient (Wildman–Crippen LogP) is 4.25. The van der Waals surface area contributed by atoms with Gasteiger partial charge in [-0.2, -0.15) is 0 Å². The van der Waals surface area contributed by atoms with Gasteiger partial charge in [0.1, 0.15) is 12.5 Å². The van der Waals surface area contributed by atoms with E-state index in [1.165, 1.54) is 0 Å². The number of hydrogen-bond acceptors (Lipinski definition) is 3. The smallest absolute Gasteiger partial charge is 0.149 e. The average molecular weight is 280 g/mol. The summed E-state index contributed by atoms with van der Waals surface area (Å²) in [7, 11) is 0. The molecule has 0 bridgehead atoms. The normalized spacial score (nSPS) is 13.0. The van der Waals surface area contributed by atoms with Crippen molar-refractivity contribution in [2.24, 2.45) is 0 Å². The third-order valence-electron chi connectivity index (χ3n) is 2.89. The molecule has 2 aromatic carbocycles. The van der Waals surface area contributed by atoms with E-state index >= 15 is 0 Å². The van der Waals surface area contributed by atoms with Crippen LogP contribution in [0.4, 0.5) is 11.4 Å². The standard InChI is InChI=1S/C18H20N2O/c1-3-17(19-15-11-7-5-8-12-15)21-18(4-2)20-16-13-9-6-10-14-16/h3-14,17-20H,1-2H2. The van der Waals surface area contributed by atoms with Gasteiger partial charge in [-0.05, 0) is 36.4 Å². The molecule has 2 unspecified atom stereocenters. The molecule has 0 aromatic heterocycles. The van der Waals surface area contributed by atoms with Crippen LogP contribution in [-0.2, 0) is 4.74 Å². The fourth-order valence-electron chi connectivity index (χ4n) is 1.85. The van der Waals surface area contributed by atoms with Crippen molar-refractivity contribution >= 4 is 11.4 Å². The van der Waals surface area contributed by atoms with Crippen molar-refractivity contribution in [3.8, 4) is 0 Å². The van der Waals surface area contributed by atoms with Crippen LogP contribution in [0, 0.1) is 0 Å². The minimum Gasteiger partial charge on any atom is -0.357 e. The zero-order valence-electron chi connectivity index (χ0n) is 11.9. The number of benzene rings is 2. The number of ether oxygens (including phenoxy) is 1. The molecule has 2 atom stereocenters. The van der Waals surface area contributed by atoms with Gasteiger partial charge in [0.25, 0.3) is 0 Å². The second-order valence-electron chi connectivity index (χ2n) is 4.47. The maximum Gasteiger partial charge on any atom is 0.149 e. The molecular formula is C18H20N2O. The lowest BCUT2D eigenvalue weighted by Crippen LogP contribution is -2.30. The van der Waals surface area contributed by atoms with Crippen molar-refractivity contribution in [2.45, 2.75) is 12.5 Å². The van der Waals surface area contributed by atoms with Crippen LogP contribution < -0.4 is 10.6 Å². The van der Waals surface area contributed by atoms with Crippen molar-refractivity contribution in [2.75, 3.05) is 10.6 Å². The summed E-state index contributed by atoms with van der Waals surface area (Å²) >= 11 is 0. The molecule has 3 heteroatoms. The first kappa shape index (κ1) is 14.9. The summed E-state index contributed by atoms with van der Waals surface area (Å²) in [5.74, 6) is 0.